The second kappa shape index (κ2) is 9.76. The van der Waals surface area contributed by atoms with Gasteiger partial charge < -0.3 is 15.0 Å². The first-order chi connectivity index (χ1) is 8.43. The minimum atomic E-state index is 0.376. The third-order valence-electron chi connectivity index (χ3n) is 3.33. The molecule has 0 aliphatic rings. The summed E-state index contributed by atoms with van der Waals surface area (Å²) in [6.45, 7) is 13.4. The fourth-order valence-corrected chi connectivity index (χ4v) is 2.49. The minimum Gasteiger partial charge on any atom is -0.385 e. The van der Waals surface area contributed by atoms with Crippen LogP contribution in [-0.2, 0) is 4.74 Å². The van der Waals surface area contributed by atoms with Crippen LogP contribution in [0.15, 0.2) is 0 Å². The van der Waals surface area contributed by atoms with Crippen LogP contribution >= 0.6 is 0 Å². The summed E-state index contributed by atoms with van der Waals surface area (Å²) < 4.78 is 5.11. The van der Waals surface area contributed by atoms with Crippen molar-refractivity contribution in [1.82, 2.24) is 10.2 Å². The summed E-state index contributed by atoms with van der Waals surface area (Å²) in [7, 11) is 3.99. The van der Waals surface area contributed by atoms with E-state index in [1.807, 2.05) is 0 Å². The first kappa shape index (κ1) is 17.9. The van der Waals surface area contributed by atoms with Crippen LogP contribution < -0.4 is 5.32 Å². The van der Waals surface area contributed by atoms with Crippen molar-refractivity contribution >= 4 is 0 Å². The molecule has 0 saturated heterocycles. The second-order valence-corrected chi connectivity index (χ2v) is 6.18. The molecular weight excluding hydrogens is 224 g/mol. The van der Waals surface area contributed by atoms with Crippen LogP contribution in [0.5, 0.6) is 0 Å². The van der Waals surface area contributed by atoms with Gasteiger partial charge in [0.05, 0.1) is 0 Å². The van der Waals surface area contributed by atoms with E-state index in [2.05, 4.69) is 45.0 Å². The van der Waals surface area contributed by atoms with Crippen molar-refractivity contribution in [3.05, 3.63) is 0 Å². The van der Waals surface area contributed by atoms with Gasteiger partial charge in [-0.05, 0) is 25.3 Å². The highest BCUT2D eigenvalue weighted by molar-refractivity contribution is 4.80. The van der Waals surface area contributed by atoms with Crippen LogP contribution in [0.1, 0.15) is 47.0 Å². The van der Waals surface area contributed by atoms with E-state index in [0.29, 0.717) is 11.5 Å². The Balaban J connectivity index is 4.13. The molecule has 0 aliphatic heterocycles. The molecule has 0 rings (SSSR count). The smallest absolute Gasteiger partial charge is 0.0474 e. The monoisotopic (exact) mass is 258 g/mol. The van der Waals surface area contributed by atoms with Crippen LogP contribution in [0.25, 0.3) is 0 Å². The molecule has 1 N–H and O–H groups in total. The fraction of sp³-hybridized carbons (Fsp3) is 1.00. The van der Waals surface area contributed by atoms with Gasteiger partial charge in [-0.25, -0.2) is 0 Å². The van der Waals surface area contributed by atoms with Crippen molar-refractivity contribution in [3.8, 4) is 0 Å². The van der Waals surface area contributed by atoms with Crippen LogP contribution in [0.4, 0.5) is 0 Å². The zero-order chi connectivity index (χ0) is 14.0. The largest absolute Gasteiger partial charge is 0.385 e. The van der Waals surface area contributed by atoms with Gasteiger partial charge in [-0.3, -0.25) is 0 Å². The number of nitrogens with one attached hydrogen (secondary N) is 1. The van der Waals surface area contributed by atoms with Gasteiger partial charge in [0.25, 0.3) is 0 Å². The zero-order valence-corrected chi connectivity index (χ0v) is 13.4. The number of nitrogens with zero attached hydrogens (tertiary/aromatic N) is 1. The molecule has 0 aromatic rings. The minimum absolute atomic E-state index is 0.376. The van der Waals surface area contributed by atoms with Gasteiger partial charge in [-0.15, -0.1) is 0 Å². The van der Waals surface area contributed by atoms with E-state index >= 15 is 0 Å². The summed E-state index contributed by atoms with van der Waals surface area (Å²) in [5.74, 6) is 0. The average Bonchev–Trinajstić information content (AvgIpc) is 2.27. The van der Waals surface area contributed by atoms with Crippen molar-refractivity contribution in [1.29, 1.82) is 0 Å². The van der Waals surface area contributed by atoms with E-state index in [1.54, 1.807) is 7.11 Å². The maximum Gasteiger partial charge on any atom is 0.0474 e. The van der Waals surface area contributed by atoms with Gasteiger partial charge in [0.2, 0.25) is 0 Å². The van der Waals surface area contributed by atoms with Crippen molar-refractivity contribution in [2.75, 3.05) is 40.4 Å². The lowest BCUT2D eigenvalue weighted by Gasteiger charge is -2.35. The Morgan fingerprint density at radius 2 is 2.00 bits per heavy atom. The van der Waals surface area contributed by atoms with Crippen molar-refractivity contribution in [3.63, 3.8) is 0 Å². The average molecular weight is 258 g/mol. The number of methoxy groups -OCH3 is 1. The molecular formula is C15H34N2O. The molecule has 3 nitrogen and oxygen atoms in total. The lowest BCUT2D eigenvalue weighted by molar-refractivity contribution is 0.145. The van der Waals surface area contributed by atoms with Gasteiger partial charge in [0.15, 0.2) is 0 Å². The highest BCUT2D eigenvalue weighted by Gasteiger charge is 2.24. The van der Waals surface area contributed by atoms with E-state index in [-0.39, 0.29) is 0 Å². The van der Waals surface area contributed by atoms with Crippen LogP contribution in [0.2, 0.25) is 0 Å². The number of rotatable bonds is 11. The molecule has 18 heavy (non-hydrogen) atoms. The highest BCUT2D eigenvalue weighted by atomic mass is 16.5. The van der Waals surface area contributed by atoms with Crippen LogP contribution in [-0.4, -0.2) is 51.3 Å². The maximum absolute atomic E-state index is 5.11. The third kappa shape index (κ3) is 8.90. The second-order valence-electron chi connectivity index (χ2n) is 6.18. The first-order valence-corrected chi connectivity index (χ1v) is 7.34. The molecule has 0 bridgehead atoms. The topological polar surface area (TPSA) is 24.5 Å². The molecule has 1 unspecified atom stereocenters. The molecule has 0 fully saturated rings. The third-order valence-corrected chi connectivity index (χ3v) is 3.33. The van der Waals surface area contributed by atoms with Gasteiger partial charge in [0.1, 0.15) is 0 Å². The van der Waals surface area contributed by atoms with Crippen molar-refractivity contribution in [2.45, 2.75) is 53.0 Å². The normalized spacial score (nSPS) is 15.3. The quantitative estimate of drug-likeness (QED) is 0.577. The molecule has 3 heteroatoms. The molecule has 1 atom stereocenters. The summed E-state index contributed by atoms with van der Waals surface area (Å²) >= 11 is 0. The zero-order valence-electron chi connectivity index (χ0n) is 13.4. The van der Waals surface area contributed by atoms with E-state index in [4.69, 9.17) is 4.74 Å². The Morgan fingerprint density at radius 3 is 2.50 bits per heavy atom. The standard InChI is InChI=1S/C15H34N2O/c1-7-9-15(4,12-16-14(2)3)13-17(5)10-8-11-18-6/h14,16H,7-13H2,1-6H3. The Labute approximate surface area is 114 Å². The van der Waals surface area contributed by atoms with Crippen LogP contribution in [0.3, 0.4) is 0 Å². The number of hydrogen-bond donors (Lipinski definition) is 1. The molecule has 0 aliphatic carbocycles. The summed E-state index contributed by atoms with van der Waals surface area (Å²) in [5.41, 5.74) is 0.376. The molecule has 0 spiro atoms. The molecule has 0 radical (unpaired) electrons. The lowest BCUT2D eigenvalue weighted by Crippen LogP contribution is -2.43. The van der Waals surface area contributed by atoms with Crippen LogP contribution in [0, 0.1) is 5.41 Å². The lowest BCUT2D eigenvalue weighted by atomic mass is 9.84. The summed E-state index contributed by atoms with van der Waals surface area (Å²) in [4.78, 5) is 2.44. The maximum atomic E-state index is 5.11. The van der Waals surface area contributed by atoms with Gasteiger partial charge in [-0.1, -0.05) is 34.1 Å². The van der Waals surface area contributed by atoms with E-state index < -0.39 is 0 Å². The number of hydrogen-bond acceptors (Lipinski definition) is 3. The SMILES string of the molecule is CCCC(C)(CNC(C)C)CN(C)CCCOC. The van der Waals surface area contributed by atoms with Crippen molar-refractivity contribution in [2.24, 2.45) is 5.41 Å². The predicted octanol–water partition coefficient (Wildman–Crippen LogP) is 2.76. The van der Waals surface area contributed by atoms with Gasteiger partial charge in [-0.2, -0.15) is 0 Å². The number of ether oxygens (including phenoxy) is 1. The van der Waals surface area contributed by atoms with Gasteiger partial charge in [0, 0.05) is 39.4 Å². The molecule has 0 amide bonds. The van der Waals surface area contributed by atoms with E-state index in [1.165, 1.54) is 12.8 Å². The highest BCUT2D eigenvalue weighted by Crippen LogP contribution is 2.23. The summed E-state index contributed by atoms with van der Waals surface area (Å²) in [5, 5.41) is 3.59. The fourth-order valence-electron chi connectivity index (χ4n) is 2.49. The van der Waals surface area contributed by atoms with E-state index in [9.17, 15) is 0 Å². The molecule has 0 aromatic heterocycles. The Morgan fingerprint density at radius 1 is 1.33 bits per heavy atom. The Hall–Kier alpha value is -0.120. The van der Waals surface area contributed by atoms with Crippen molar-refractivity contribution < 1.29 is 4.74 Å². The molecule has 0 heterocycles. The Kier molecular flexibility index (Phi) is 9.70. The summed E-state index contributed by atoms with van der Waals surface area (Å²) in [6.07, 6.45) is 3.65. The molecule has 0 saturated carbocycles. The van der Waals surface area contributed by atoms with Gasteiger partial charge >= 0.3 is 0 Å². The Bertz CT molecular complexity index is 197. The summed E-state index contributed by atoms with van der Waals surface area (Å²) in [6, 6.07) is 0.569. The molecule has 110 valence electrons. The first-order valence-electron chi connectivity index (χ1n) is 7.34. The molecule has 0 aromatic carbocycles. The predicted molar refractivity (Wildman–Crippen MR) is 80.1 cm³/mol. The van der Waals surface area contributed by atoms with E-state index in [0.717, 1.165) is 32.7 Å².